The van der Waals surface area contributed by atoms with E-state index in [9.17, 15) is 15.3 Å². The van der Waals surface area contributed by atoms with Gasteiger partial charge in [0.05, 0.1) is 17.8 Å². The van der Waals surface area contributed by atoms with Crippen LogP contribution in [-0.2, 0) is 0 Å². The lowest BCUT2D eigenvalue weighted by Crippen LogP contribution is -2.67. The summed E-state index contributed by atoms with van der Waals surface area (Å²) in [5.74, 6) is 1.49. The Kier molecular flexibility index (Phi) is 5.07. The van der Waals surface area contributed by atoms with Crippen molar-refractivity contribution in [1.29, 1.82) is 0 Å². The van der Waals surface area contributed by atoms with Gasteiger partial charge in [0.25, 0.3) is 0 Å². The fourth-order valence-electron chi connectivity index (χ4n) is 11.0. The zero-order chi connectivity index (χ0) is 24.4. The van der Waals surface area contributed by atoms with Gasteiger partial charge >= 0.3 is 0 Å². The maximum atomic E-state index is 11.9. The average Bonchev–Trinajstić information content (AvgIpc) is 2.70. The molecule has 0 spiro atoms. The van der Waals surface area contributed by atoms with Crippen LogP contribution >= 0.6 is 0 Å². The summed E-state index contributed by atoms with van der Waals surface area (Å²) in [5.41, 5.74) is 1.08. The van der Waals surface area contributed by atoms with Gasteiger partial charge in [-0.2, -0.15) is 0 Å². The van der Waals surface area contributed by atoms with E-state index >= 15 is 0 Å². The Hall–Kier alpha value is -0.380. The summed E-state index contributed by atoms with van der Waals surface area (Å²) in [4.78, 5) is 0. The van der Waals surface area contributed by atoms with Crippen molar-refractivity contribution in [2.75, 3.05) is 0 Å². The predicted octanol–water partition coefficient (Wildman–Crippen LogP) is 6.11. The number of allylic oxidation sites excluding steroid dienone is 1. The number of rotatable bonds is 0. The molecule has 5 aliphatic carbocycles. The van der Waals surface area contributed by atoms with Crippen LogP contribution in [-0.4, -0.2) is 33.1 Å². The van der Waals surface area contributed by atoms with E-state index in [0.717, 1.165) is 19.3 Å². The Balaban J connectivity index is 1.62. The van der Waals surface area contributed by atoms with E-state index in [0.29, 0.717) is 24.2 Å². The SMILES string of the molecule is C[C@@H]1CC[C@]2(C)CC[C@]3(C)C(=CCC4[C@@]5(C)C[C@@H](O)[C@H](O)C(C)(C)C5CC[C@]43C)C2[C@]1(C)O. The summed E-state index contributed by atoms with van der Waals surface area (Å²) < 4.78 is 0. The Morgan fingerprint density at radius 3 is 2.18 bits per heavy atom. The second-order valence-electron chi connectivity index (χ2n) is 15.1. The maximum absolute atomic E-state index is 11.9. The van der Waals surface area contributed by atoms with Crippen LogP contribution in [0.1, 0.15) is 107 Å². The second-order valence-corrected chi connectivity index (χ2v) is 15.1. The van der Waals surface area contributed by atoms with Gasteiger partial charge in [-0.05, 0) is 103 Å². The highest BCUT2D eigenvalue weighted by Gasteiger charge is 2.70. The normalized spacial score (nSPS) is 60.0. The molecule has 0 aromatic heterocycles. The lowest BCUT2D eigenvalue weighted by atomic mass is 9.33. The lowest BCUT2D eigenvalue weighted by Gasteiger charge is -2.72. The van der Waals surface area contributed by atoms with Gasteiger partial charge in [-0.15, -0.1) is 0 Å². The van der Waals surface area contributed by atoms with Gasteiger partial charge in [0.2, 0.25) is 0 Å². The van der Waals surface area contributed by atoms with Crippen LogP contribution in [0.4, 0.5) is 0 Å². The maximum Gasteiger partial charge on any atom is 0.0852 e. The summed E-state index contributed by atoms with van der Waals surface area (Å²) in [6, 6.07) is 0. The molecule has 0 amide bonds. The van der Waals surface area contributed by atoms with Gasteiger partial charge in [0.1, 0.15) is 0 Å². The highest BCUT2D eigenvalue weighted by molar-refractivity contribution is 5.35. The smallest absolute Gasteiger partial charge is 0.0852 e. The first kappa shape index (κ1) is 24.3. The summed E-state index contributed by atoms with van der Waals surface area (Å²) in [6.07, 6.45) is 10.1. The Morgan fingerprint density at radius 2 is 1.52 bits per heavy atom. The zero-order valence-corrected chi connectivity index (χ0v) is 22.5. The monoisotopic (exact) mass is 458 g/mol. The molecule has 5 rings (SSSR count). The number of hydrogen-bond donors (Lipinski definition) is 3. The number of aliphatic hydroxyl groups excluding tert-OH is 2. The molecular formula is C30H50O3. The van der Waals surface area contributed by atoms with Crippen molar-refractivity contribution in [1.82, 2.24) is 0 Å². The first-order valence-corrected chi connectivity index (χ1v) is 13.8. The van der Waals surface area contributed by atoms with Gasteiger partial charge in [0, 0.05) is 5.92 Å². The predicted molar refractivity (Wildman–Crippen MR) is 133 cm³/mol. The lowest BCUT2D eigenvalue weighted by molar-refractivity contribution is -0.235. The fraction of sp³-hybridized carbons (Fsp3) is 0.933. The first-order chi connectivity index (χ1) is 15.1. The number of fused-ring (bicyclic) bond motifs is 7. The second kappa shape index (κ2) is 6.88. The largest absolute Gasteiger partial charge is 0.390 e. The van der Waals surface area contributed by atoms with Crippen LogP contribution in [0.2, 0.25) is 0 Å². The van der Waals surface area contributed by atoms with Crippen molar-refractivity contribution in [2.24, 2.45) is 50.7 Å². The fourth-order valence-corrected chi connectivity index (χ4v) is 11.0. The molecule has 0 heterocycles. The molecule has 0 radical (unpaired) electrons. The molecule has 5 aliphatic rings. The van der Waals surface area contributed by atoms with Crippen molar-refractivity contribution in [3.8, 4) is 0 Å². The topological polar surface area (TPSA) is 60.7 Å². The minimum absolute atomic E-state index is 0.0172. The van der Waals surface area contributed by atoms with E-state index in [1.165, 1.54) is 25.7 Å². The molecule has 3 N–H and O–H groups in total. The molecule has 3 heteroatoms. The molecule has 4 fully saturated rings. The van der Waals surface area contributed by atoms with Crippen molar-refractivity contribution in [3.05, 3.63) is 11.6 Å². The van der Waals surface area contributed by atoms with E-state index in [1.54, 1.807) is 5.57 Å². The Morgan fingerprint density at radius 1 is 0.848 bits per heavy atom. The summed E-state index contributed by atoms with van der Waals surface area (Å²) >= 11 is 0. The Labute approximate surface area is 202 Å². The van der Waals surface area contributed by atoms with Gasteiger partial charge in [-0.3, -0.25) is 0 Å². The van der Waals surface area contributed by atoms with Crippen molar-refractivity contribution >= 4 is 0 Å². The Bertz CT molecular complexity index is 854. The summed E-state index contributed by atoms with van der Waals surface area (Å²) in [5, 5.41) is 33.8. The minimum atomic E-state index is -0.655. The van der Waals surface area contributed by atoms with Crippen molar-refractivity contribution in [3.63, 3.8) is 0 Å². The molecule has 0 aliphatic heterocycles. The molecule has 0 bridgehead atoms. The van der Waals surface area contributed by atoms with E-state index in [4.69, 9.17) is 0 Å². The first-order valence-electron chi connectivity index (χ1n) is 13.8. The van der Waals surface area contributed by atoms with Gasteiger partial charge in [-0.25, -0.2) is 0 Å². The molecule has 3 unspecified atom stereocenters. The van der Waals surface area contributed by atoms with Gasteiger partial charge in [-0.1, -0.05) is 60.1 Å². The third-order valence-electron chi connectivity index (χ3n) is 13.4. The average molecular weight is 459 g/mol. The molecule has 0 aromatic carbocycles. The van der Waals surface area contributed by atoms with Crippen LogP contribution < -0.4 is 0 Å². The molecule has 4 saturated carbocycles. The quantitative estimate of drug-likeness (QED) is 0.384. The van der Waals surface area contributed by atoms with E-state index in [1.807, 2.05) is 0 Å². The molecule has 188 valence electrons. The van der Waals surface area contributed by atoms with Gasteiger partial charge < -0.3 is 15.3 Å². The highest BCUT2D eigenvalue weighted by Crippen LogP contribution is 2.75. The van der Waals surface area contributed by atoms with E-state index < -0.39 is 17.8 Å². The molecule has 0 aromatic rings. The van der Waals surface area contributed by atoms with E-state index in [2.05, 4.69) is 61.5 Å². The molecular weight excluding hydrogens is 408 g/mol. The minimum Gasteiger partial charge on any atom is -0.390 e. The third-order valence-corrected chi connectivity index (χ3v) is 13.4. The van der Waals surface area contributed by atoms with Crippen LogP contribution in [0.15, 0.2) is 11.6 Å². The number of aliphatic hydroxyl groups is 3. The summed E-state index contributed by atoms with van der Waals surface area (Å²) in [7, 11) is 0. The van der Waals surface area contributed by atoms with Gasteiger partial charge in [0.15, 0.2) is 0 Å². The highest BCUT2D eigenvalue weighted by atomic mass is 16.3. The number of hydrogen-bond acceptors (Lipinski definition) is 3. The van der Waals surface area contributed by atoms with Crippen molar-refractivity contribution < 1.29 is 15.3 Å². The molecule has 3 nitrogen and oxygen atoms in total. The molecule has 11 atom stereocenters. The van der Waals surface area contributed by atoms with E-state index in [-0.39, 0.29) is 33.0 Å². The molecule has 0 saturated heterocycles. The van der Waals surface area contributed by atoms with Crippen LogP contribution in [0.25, 0.3) is 0 Å². The van der Waals surface area contributed by atoms with Crippen LogP contribution in [0.3, 0.4) is 0 Å². The van der Waals surface area contributed by atoms with Crippen LogP contribution in [0, 0.1) is 50.7 Å². The standard InChI is InChI=1S/C30H50O3/c1-18-11-13-26(4)15-16-28(6)19(23(26)30(18,8)33)9-10-22-27(5)17-20(31)24(32)25(2,3)21(27)12-14-29(22,28)7/h9,18,20-24,31-33H,10-17H2,1-8H3/t18-,20-,21?,22?,23?,24+,26-,27+,28-,29-,30-/m1/s1. The zero-order valence-electron chi connectivity index (χ0n) is 22.5. The third kappa shape index (κ3) is 2.80. The summed E-state index contributed by atoms with van der Waals surface area (Å²) in [6.45, 7) is 18.7. The van der Waals surface area contributed by atoms with Crippen LogP contribution in [0.5, 0.6) is 0 Å². The molecule has 33 heavy (non-hydrogen) atoms. The van der Waals surface area contributed by atoms with Crippen molar-refractivity contribution in [2.45, 2.75) is 125 Å².